The fourth-order valence-corrected chi connectivity index (χ4v) is 3.52. The Morgan fingerprint density at radius 3 is 2.76 bits per heavy atom. The molecule has 1 unspecified atom stereocenters. The number of hydrogen-bond donors (Lipinski definition) is 2. The maximum Gasteiger partial charge on any atom is 0.253 e. The van der Waals surface area contributed by atoms with Crippen LogP contribution in [0, 0.1) is 0 Å². The highest BCUT2D eigenvalue weighted by atomic mass is 79.9. The summed E-state index contributed by atoms with van der Waals surface area (Å²) in [5.41, 5.74) is 1.30. The van der Waals surface area contributed by atoms with E-state index >= 15 is 0 Å². The highest BCUT2D eigenvalue weighted by molar-refractivity contribution is 9.10. The highest BCUT2D eigenvalue weighted by Gasteiger charge is 2.22. The first-order valence-corrected chi connectivity index (χ1v) is 11.6. The Morgan fingerprint density at radius 1 is 1.24 bits per heavy atom. The number of thioether (sulfide) groups is 1. The van der Waals surface area contributed by atoms with Crippen LogP contribution >= 0.6 is 27.7 Å². The van der Waals surface area contributed by atoms with Crippen LogP contribution in [0.4, 0.5) is 0 Å². The predicted molar refractivity (Wildman–Crippen MR) is 120 cm³/mol. The summed E-state index contributed by atoms with van der Waals surface area (Å²) in [7, 11) is 0. The highest BCUT2D eigenvalue weighted by Crippen LogP contribution is 2.17. The Balaban J connectivity index is 2.03. The molecular formula is C21H26BrN3O3S. The summed E-state index contributed by atoms with van der Waals surface area (Å²) < 4.78 is 6.33. The molecule has 1 aromatic heterocycles. The first-order chi connectivity index (χ1) is 14.1. The summed E-state index contributed by atoms with van der Waals surface area (Å²) in [5, 5.41) is 5.75. The van der Waals surface area contributed by atoms with E-state index in [-0.39, 0.29) is 18.4 Å². The Bertz CT molecular complexity index is 819. The summed E-state index contributed by atoms with van der Waals surface area (Å²) in [6, 6.07) is 10.2. The third kappa shape index (κ3) is 7.36. The predicted octanol–water partition coefficient (Wildman–Crippen LogP) is 3.80. The summed E-state index contributed by atoms with van der Waals surface area (Å²) in [6.07, 6.45) is 5.04. The third-order valence-electron chi connectivity index (χ3n) is 4.10. The molecule has 2 aromatic rings. The van der Waals surface area contributed by atoms with E-state index in [1.165, 1.54) is 0 Å². The molecule has 0 radical (unpaired) electrons. The van der Waals surface area contributed by atoms with E-state index in [2.05, 4.69) is 31.5 Å². The largest absolute Gasteiger partial charge is 0.477 e. The molecule has 0 saturated heterocycles. The molecule has 0 aliphatic heterocycles. The van der Waals surface area contributed by atoms with Gasteiger partial charge < -0.3 is 15.4 Å². The summed E-state index contributed by atoms with van der Waals surface area (Å²) in [5.74, 6) is 0.760. The standard InChI is InChI=1S/C21H26BrN3O3S/c1-3-12-28-21-15(7-6-11-23-21)14-24-20(27)18(10-13-29-2)25-19(26)16-8-4-5-9-17(16)22/h4-9,11,18H,3,10,12-14H2,1-2H3,(H,24,27)(H,25,26). The van der Waals surface area contributed by atoms with Crippen molar-refractivity contribution in [3.05, 3.63) is 58.2 Å². The van der Waals surface area contributed by atoms with Crippen molar-refractivity contribution in [2.45, 2.75) is 32.4 Å². The molecule has 0 aliphatic carbocycles. The average Bonchev–Trinajstić information content (AvgIpc) is 2.74. The number of ether oxygens (including phenoxy) is 1. The van der Waals surface area contributed by atoms with Crippen LogP contribution in [-0.2, 0) is 11.3 Å². The Hall–Kier alpha value is -2.06. The fraction of sp³-hybridized carbons (Fsp3) is 0.381. The minimum atomic E-state index is -0.626. The molecule has 1 aromatic carbocycles. The first kappa shape index (κ1) is 23.2. The summed E-state index contributed by atoms with van der Waals surface area (Å²) >= 11 is 5.01. The maximum atomic E-state index is 12.8. The SMILES string of the molecule is CCCOc1ncccc1CNC(=O)C(CCSC)NC(=O)c1ccccc1Br. The molecular weight excluding hydrogens is 454 g/mol. The van der Waals surface area contributed by atoms with Gasteiger partial charge in [0.1, 0.15) is 6.04 Å². The van der Waals surface area contributed by atoms with Gasteiger partial charge in [0.2, 0.25) is 11.8 Å². The van der Waals surface area contributed by atoms with Crippen molar-refractivity contribution in [2.75, 3.05) is 18.6 Å². The van der Waals surface area contributed by atoms with Gasteiger partial charge in [0, 0.05) is 22.8 Å². The monoisotopic (exact) mass is 479 g/mol. The number of benzene rings is 1. The maximum absolute atomic E-state index is 12.8. The van der Waals surface area contributed by atoms with Crippen LogP contribution in [0.5, 0.6) is 5.88 Å². The van der Waals surface area contributed by atoms with Crippen molar-refractivity contribution in [2.24, 2.45) is 0 Å². The van der Waals surface area contributed by atoms with Crippen LogP contribution in [0.1, 0.15) is 35.7 Å². The van der Waals surface area contributed by atoms with Crippen molar-refractivity contribution < 1.29 is 14.3 Å². The molecule has 0 aliphatic rings. The van der Waals surface area contributed by atoms with Gasteiger partial charge in [-0.1, -0.05) is 25.1 Å². The van der Waals surface area contributed by atoms with Gasteiger partial charge in [-0.25, -0.2) is 4.98 Å². The van der Waals surface area contributed by atoms with Crippen molar-refractivity contribution in [1.29, 1.82) is 0 Å². The van der Waals surface area contributed by atoms with Crippen molar-refractivity contribution in [3.63, 3.8) is 0 Å². The average molecular weight is 480 g/mol. The van der Waals surface area contributed by atoms with E-state index < -0.39 is 6.04 Å². The van der Waals surface area contributed by atoms with Crippen LogP contribution in [0.15, 0.2) is 47.1 Å². The zero-order valence-electron chi connectivity index (χ0n) is 16.6. The fourth-order valence-electron chi connectivity index (χ4n) is 2.58. The lowest BCUT2D eigenvalue weighted by molar-refractivity contribution is -0.123. The van der Waals surface area contributed by atoms with Crippen molar-refractivity contribution in [3.8, 4) is 5.88 Å². The summed E-state index contributed by atoms with van der Waals surface area (Å²) in [6.45, 7) is 2.87. The number of aromatic nitrogens is 1. The van der Waals surface area contributed by atoms with E-state index in [1.54, 1.807) is 42.2 Å². The molecule has 0 fully saturated rings. The quantitative estimate of drug-likeness (QED) is 0.512. The van der Waals surface area contributed by atoms with Crippen molar-refractivity contribution in [1.82, 2.24) is 15.6 Å². The summed E-state index contributed by atoms with van der Waals surface area (Å²) in [4.78, 5) is 29.7. The number of hydrogen-bond acceptors (Lipinski definition) is 5. The van der Waals surface area contributed by atoms with Gasteiger partial charge >= 0.3 is 0 Å². The number of carbonyl (C=O) groups is 2. The van der Waals surface area contributed by atoms with Crippen LogP contribution in [-0.4, -0.2) is 41.5 Å². The molecule has 6 nitrogen and oxygen atoms in total. The van der Waals surface area contributed by atoms with E-state index in [9.17, 15) is 9.59 Å². The van der Waals surface area contributed by atoms with Crippen LogP contribution < -0.4 is 15.4 Å². The van der Waals surface area contributed by atoms with E-state index in [0.29, 0.717) is 28.9 Å². The number of nitrogens with zero attached hydrogens (tertiary/aromatic N) is 1. The molecule has 2 N–H and O–H groups in total. The number of rotatable bonds is 11. The van der Waals surface area contributed by atoms with Crippen LogP contribution in [0.3, 0.4) is 0 Å². The second kappa shape index (κ2) is 12.5. The van der Waals surface area contributed by atoms with E-state index in [4.69, 9.17) is 4.74 Å². The second-order valence-electron chi connectivity index (χ2n) is 6.32. The molecule has 156 valence electrons. The lowest BCUT2D eigenvalue weighted by atomic mass is 10.1. The third-order valence-corrected chi connectivity index (χ3v) is 5.43. The number of amides is 2. The van der Waals surface area contributed by atoms with Gasteiger partial charge in [-0.2, -0.15) is 11.8 Å². The topological polar surface area (TPSA) is 80.3 Å². The smallest absolute Gasteiger partial charge is 0.253 e. The molecule has 0 bridgehead atoms. The lowest BCUT2D eigenvalue weighted by Gasteiger charge is -2.19. The number of halogens is 1. The molecule has 2 amide bonds. The van der Waals surface area contributed by atoms with Crippen LogP contribution in [0.25, 0.3) is 0 Å². The molecule has 0 spiro atoms. The second-order valence-corrected chi connectivity index (χ2v) is 8.16. The Labute approximate surface area is 184 Å². The number of carbonyl (C=O) groups excluding carboxylic acids is 2. The Kier molecular flexibility index (Phi) is 10.0. The van der Waals surface area contributed by atoms with Gasteiger partial charge in [0.15, 0.2) is 0 Å². The van der Waals surface area contributed by atoms with Gasteiger partial charge in [-0.05, 0) is 59.0 Å². The number of pyridine rings is 1. The Morgan fingerprint density at radius 2 is 2.03 bits per heavy atom. The van der Waals surface area contributed by atoms with E-state index in [1.807, 2.05) is 25.3 Å². The van der Waals surface area contributed by atoms with Gasteiger partial charge in [-0.15, -0.1) is 0 Å². The number of nitrogens with one attached hydrogen (secondary N) is 2. The van der Waals surface area contributed by atoms with Gasteiger partial charge in [-0.3, -0.25) is 9.59 Å². The van der Waals surface area contributed by atoms with Crippen molar-refractivity contribution >= 4 is 39.5 Å². The first-order valence-electron chi connectivity index (χ1n) is 9.45. The zero-order chi connectivity index (χ0) is 21.1. The van der Waals surface area contributed by atoms with Gasteiger partial charge in [0.25, 0.3) is 5.91 Å². The molecule has 0 saturated carbocycles. The minimum Gasteiger partial charge on any atom is -0.477 e. The van der Waals surface area contributed by atoms with Gasteiger partial charge in [0.05, 0.1) is 12.2 Å². The zero-order valence-corrected chi connectivity index (χ0v) is 19.0. The molecule has 29 heavy (non-hydrogen) atoms. The van der Waals surface area contributed by atoms with E-state index in [0.717, 1.165) is 17.7 Å². The molecule has 2 rings (SSSR count). The lowest BCUT2D eigenvalue weighted by Crippen LogP contribution is -2.47. The minimum absolute atomic E-state index is 0.232. The van der Waals surface area contributed by atoms with Crippen LogP contribution in [0.2, 0.25) is 0 Å². The molecule has 1 heterocycles. The molecule has 8 heteroatoms. The molecule has 1 atom stereocenters. The normalized spacial score (nSPS) is 11.6.